The molecule has 3 rings (SSSR count). The Morgan fingerprint density at radius 3 is 2.38 bits per heavy atom. The number of hydrogen-bond acceptors (Lipinski definition) is 6. The SMILES string of the molecule is CC(C)(C)OC(=O)N1CCC(O)(c2cccc(C(N)C(=O)OCc3ccccc3)c2)CC1. The summed E-state index contributed by atoms with van der Waals surface area (Å²) in [6.07, 6.45) is 0.351. The van der Waals surface area contributed by atoms with Gasteiger partial charge in [-0.15, -0.1) is 0 Å². The van der Waals surface area contributed by atoms with E-state index in [-0.39, 0.29) is 12.7 Å². The van der Waals surface area contributed by atoms with Crippen molar-refractivity contribution in [2.75, 3.05) is 13.1 Å². The highest BCUT2D eigenvalue weighted by atomic mass is 16.6. The Hall–Kier alpha value is -2.90. The largest absolute Gasteiger partial charge is 0.459 e. The summed E-state index contributed by atoms with van der Waals surface area (Å²) in [5.74, 6) is -0.530. The normalized spacial score (nSPS) is 16.8. The van der Waals surface area contributed by atoms with Crippen LogP contribution in [0.4, 0.5) is 4.79 Å². The molecule has 172 valence electrons. The highest BCUT2D eigenvalue weighted by molar-refractivity contribution is 5.77. The highest BCUT2D eigenvalue weighted by Gasteiger charge is 2.37. The van der Waals surface area contributed by atoms with Crippen LogP contribution < -0.4 is 5.73 Å². The minimum atomic E-state index is -1.11. The van der Waals surface area contributed by atoms with Crippen molar-refractivity contribution in [2.24, 2.45) is 5.73 Å². The molecule has 1 saturated heterocycles. The Morgan fingerprint density at radius 1 is 1.09 bits per heavy atom. The molecule has 0 radical (unpaired) electrons. The van der Waals surface area contributed by atoms with Crippen molar-refractivity contribution in [3.8, 4) is 0 Å². The number of aliphatic hydroxyl groups is 1. The molecule has 1 fully saturated rings. The Morgan fingerprint density at radius 2 is 1.75 bits per heavy atom. The first-order chi connectivity index (χ1) is 15.1. The third-order valence-corrected chi connectivity index (χ3v) is 5.50. The lowest BCUT2D eigenvalue weighted by molar-refractivity contribution is -0.146. The summed E-state index contributed by atoms with van der Waals surface area (Å²) in [6.45, 7) is 6.37. The van der Waals surface area contributed by atoms with Crippen LogP contribution in [-0.2, 0) is 26.5 Å². The van der Waals surface area contributed by atoms with E-state index in [1.165, 1.54) is 0 Å². The van der Waals surface area contributed by atoms with Gasteiger partial charge in [-0.1, -0.05) is 54.6 Å². The van der Waals surface area contributed by atoms with E-state index in [2.05, 4.69) is 0 Å². The van der Waals surface area contributed by atoms with Gasteiger partial charge in [0.2, 0.25) is 0 Å². The second-order valence-corrected chi connectivity index (χ2v) is 9.20. The van der Waals surface area contributed by atoms with Crippen molar-refractivity contribution in [2.45, 2.75) is 57.5 Å². The summed E-state index contributed by atoms with van der Waals surface area (Å²) in [6, 6.07) is 15.5. The Bertz CT molecular complexity index is 931. The van der Waals surface area contributed by atoms with Crippen LogP contribution in [0.15, 0.2) is 54.6 Å². The maximum absolute atomic E-state index is 12.4. The number of hydrogen-bond donors (Lipinski definition) is 2. The molecule has 1 aliphatic heterocycles. The first kappa shape index (κ1) is 23.8. The van der Waals surface area contributed by atoms with E-state index in [4.69, 9.17) is 15.2 Å². The minimum Gasteiger partial charge on any atom is -0.459 e. The van der Waals surface area contributed by atoms with Crippen LogP contribution in [0.2, 0.25) is 0 Å². The van der Waals surface area contributed by atoms with E-state index in [1.807, 2.05) is 57.2 Å². The average Bonchev–Trinajstić information content (AvgIpc) is 2.77. The van der Waals surface area contributed by atoms with Gasteiger partial charge in [0, 0.05) is 13.1 Å². The molecule has 2 aromatic rings. The standard InChI is InChI=1S/C25H32N2O5/c1-24(2,3)32-23(29)27-14-12-25(30,13-15-27)20-11-7-10-19(16-20)21(26)22(28)31-17-18-8-5-4-6-9-18/h4-11,16,21,30H,12-15,17,26H2,1-3H3. The molecule has 1 amide bonds. The molecular weight excluding hydrogens is 408 g/mol. The van der Waals surface area contributed by atoms with Gasteiger partial charge in [0.15, 0.2) is 0 Å². The number of nitrogens with two attached hydrogens (primary N) is 1. The number of ether oxygens (including phenoxy) is 2. The molecule has 1 atom stereocenters. The molecule has 0 spiro atoms. The van der Waals surface area contributed by atoms with Crippen LogP contribution in [0, 0.1) is 0 Å². The predicted octanol–water partition coefficient (Wildman–Crippen LogP) is 3.65. The maximum Gasteiger partial charge on any atom is 0.410 e. The van der Waals surface area contributed by atoms with Crippen molar-refractivity contribution in [3.05, 3.63) is 71.3 Å². The molecule has 7 nitrogen and oxygen atoms in total. The van der Waals surface area contributed by atoms with Crippen molar-refractivity contribution in [3.63, 3.8) is 0 Å². The van der Waals surface area contributed by atoms with E-state index < -0.39 is 23.2 Å². The summed E-state index contributed by atoms with van der Waals surface area (Å²) < 4.78 is 10.8. The van der Waals surface area contributed by atoms with Gasteiger partial charge >= 0.3 is 12.1 Å². The fraction of sp³-hybridized carbons (Fsp3) is 0.440. The van der Waals surface area contributed by atoms with Gasteiger partial charge in [-0.25, -0.2) is 9.59 Å². The van der Waals surface area contributed by atoms with E-state index in [9.17, 15) is 14.7 Å². The van der Waals surface area contributed by atoms with Crippen LogP contribution in [0.5, 0.6) is 0 Å². The second kappa shape index (κ2) is 9.71. The van der Waals surface area contributed by atoms with Crippen LogP contribution in [0.1, 0.15) is 56.3 Å². The first-order valence-corrected chi connectivity index (χ1v) is 10.8. The third-order valence-electron chi connectivity index (χ3n) is 5.50. The van der Waals surface area contributed by atoms with E-state index >= 15 is 0 Å². The van der Waals surface area contributed by atoms with E-state index in [0.717, 1.165) is 5.56 Å². The summed E-state index contributed by atoms with van der Waals surface area (Å²) in [5.41, 5.74) is 6.59. The number of esters is 1. The number of carbonyl (C=O) groups is 2. The second-order valence-electron chi connectivity index (χ2n) is 9.20. The van der Waals surface area contributed by atoms with Crippen LogP contribution >= 0.6 is 0 Å². The molecule has 1 aliphatic rings. The zero-order valence-corrected chi connectivity index (χ0v) is 18.9. The van der Waals surface area contributed by atoms with Gasteiger partial charge < -0.3 is 25.2 Å². The monoisotopic (exact) mass is 440 g/mol. The van der Waals surface area contributed by atoms with Gasteiger partial charge in [0.1, 0.15) is 18.2 Å². The predicted molar refractivity (Wildman–Crippen MR) is 121 cm³/mol. The van der Waals surface area contributed by atoms with Gasteiger partial charge in [0.25, 0.3) is 0 Å². The molecule has 3 N–H and O–H groups in total. The molecule has 7 heteroatoms. The fourth-order valence-electron chi connectivity index (χ4n) is 3.65. The number of amides is 1. The Kier molecular flexibility index (Phi) is 7.21. The fourth-order valence-corrected chi connectivity index (χ4v) is 3.65. The van der Waals surface area contributed by atoms with Gasteiger partial charge in [0.05, 0.1) is 5.60 Å². The molecule has 1 unspecified atom stereocenters. The topological polar surface area (TPSA) is 102 Å². The molecule has 1 heterocycles. The summed E-state index contributed by atoms with van der Waals surface area (Å²) in [5, 5.41) is 11.2. The quantitative estimate of drug-likeness (QED) is 0.688. The number of carbonyl (C=O) groups excluding carboxylic acids is 2. The number of rotatable bonds is 5. The Balaban J connectivity index is 1.62. The number of benzene rings is 2. The molecule has 0 saturated carbocycles. The molecule has 2 aromatic carbocycles. The highest BCUT2D eigenvalue weighted by Crippen LogP contribution is 2.34. The van der Waals surface area contributed by atoms with Gasteiger partial charge in [-0.3, -0.25) is 0 Å². The first-order valence-electron chi connectivity index (χ1n) is 10.8. The summed E-state index contributed by atoms with van der Waals surface area (Å²) in [4.78, 5) is 26.4. The lowest BCUT2D eigenvalue weighted by Crippen LogP contribution is -2.46. The van der Waals surface area contributed by atoms with Crippen molar-refractivity contribution in [1.29, 1.82) is 0 Å². The molecule has 0 bridgehead atoms. The third kappa shape index (κ3) is 6.08. The van der Waals surface area contributed by atoms with Crippen LogP contribution in [0.3, 0.4) is 0 Å². The number of nitrogens with zero attached hydrogens (tertiary/aromatic N) is 1. The summed E-state index contributed by atoms with van der Waals surface area (Å²) in [7, 11) is 0. The van der Waals surface area contributed by atoms with E-state index in [1.54, 1.807) is 23.1 Å². The van der Waals surface area contributed by atoms with Crippen molar-refractivity contribution < 1.29 is 24.2 Å². The lowest BCUT2D eigenvalue weighted by atomic mass is 9.83. The smallest absolute Gasteiger partial charge is 0.410 e. The molecule has 32 heavy (non-hydrogen) atoms. The lowest BCUT2D eigenvalue weighted by Gasteiger charge is -2.39. The maximum atomic E-state index is 12.4. The number of likely N-dealkylation sites (tertiary alicyclic amines) is 1. The number of piperidine rings is 1. The van der Waals surface area contributed by atoms with Crippen LogP contribution in [-0.4, -0.2) is 40.8 Å². The zero-order chi connectivity index (χ0) is 23.4. The van der Waals surface area contributed by atoms with Gasteiger partial charge in [-0.05, 0) is 50.3 Å². The van der Waals surface area contributed by atoms with Gasteiger partial charge in [-0.2, -0.15) is 0 Å². The Labute approximate surface area is 189 Å². The molecular formula is C25H32N2O5. The zero-order valence-electron chi connectivity index (χ0n) is 18.9. The van der Waals surface area contributed by atoms with Crippen molar-refractivity contribution in [1.82, 2.24) is 4.90 Å². The van der Waals surface area contributed by atoms with Crippen LogP contribution in [0.25, 0.3) is 0 Å². The molecule has 0 aliphatic carbocycles. The average molecular weight is 441 g/mol. The summed E-state index contributed by atoms with van der Waals surface area (Å²) >= 11 is 0. The molecule has 0 aromatic heterocycles. The minimum absolute atomic E-state index is 0.150. The van der Waals surface area contributed by atoms with E-state index in [0.29, 0.717) is 37.1 Å². The van der Waals surface area contributed by atoms with Crippen molar-refractivity contribution >= 4 is 12.1 Å².